The molecule has 1 aliphatic heterocycles. The third kappa shape index (κ3) is 5.43. The van der Waals surface area contributed by atoms with E-state index >= 15 is 0 Å². The molecule has 1 unspecified atom stereocenters. The van der Waals surface area contributed by atoms with Crippen molar-refractivity contribution in [3.63, 3.8) is 0 Å². The van der Waals surface area contributed by atoms with Crippen molar-refractivity contribution in [3.05, 3.63) is 18.0 Å². The van der Waals surface area contributed by atoms with Crippen LogP contribution in [0.3, 0.4) is 0 Å². The SMILES string of the molecule is CNC(C(=O)NC1CCN(CC2CCCC2)CC1)c1cnn(C)c1.Cl. The zero-order valence-electron chi connectivity index (χ0n) is 15.4. The van der Waals surface area contributed by atoms with E-state index in [2.05, 4.69) is 20.6 Å². The van der Waals surface area contributed by atoms with Gasteiger partial charge in [0.15, 0.2) is 0 Å². The molecule has 1 saturated carbocycles. The predicted molar refractivity (Wildman–Crippen MR) is 102 cm³/mol. The first-order valence-electron chi connectivity index (χ1n) is 9.34. The van der Waals surface area contributed by atoms with E-state index in [-0.39, 0.29) is 24.4 Å². The fourth-order valence-corrected chi connectivity index (χ4v) is 4.14. The smallest absolute Gasteiger partial charge is 0.242 e. The monoisotopic (exact) mass is 369 g/mol. The minimum Gasteiger partial charge on any atom is -0.352 e. The van der Waals surface area contributed by atoms with Crippen LogP contribution in [0.15, 0.2) is 12.4 Å². The number of amides is 1. The van der Waals surface area contributed by atoms with Crippen molar-refractivity contribution < 1.29 is 4.79 Å². The Balaban J connectivity index is 0.00000225. The van der Waals surface area contributed by atoms with Crippen LogP contribution in [0.1, 0.15) is 50.1 Å². The van der Waals surface area contributed by atoms with E-state index in [1.807, 2.05) is 20.3 Å². The van der Waals surface area contributed by atoms with Gasteiger partial charge < -0.3 is 15.5 Å². The Morgan fingerprint density at radius 2 is 1.96 bits per heavy atom. The van der Waals surface area contributed by atoms with E-state index in [0.717, 1.165) is 37.4 Å². The highest BCUT2D eigenvalue weighted by atomic mass is 35.5. The predicted octanol–water partition coefficient (Wildman–Crippen LogP) is 1.87. The van der Waals surface area contributed by atoms with Gasteiger partial charge in [0.25, 0.3) is 0 Å². The summed E-state index contributed by atoms with van der Waals surface area (Å²) in [5, 5.41) is 10.5. The van der Waals surface area contributed by atoms with E-state index in [1.165, 1.54) is 32.2 Å². The molecule has 0 aromatic carbocycles. The van der Waals surface area contributed by atoms with Gasteiger partial charge in [0.05, 0.1) is 6.20 Å². The number of halogens is 1. The van der Waals surface area contributed by atoms with Crippen LogP contribution >= 0.6 is 12.4 Å². The van der Waals surface area contributed by atoms with Crippen molar-refractivity contribution in [1.82, 2.24) is 25.3 Å². The minimum absolute atomic E-state index is 0. The Kier molecular flexibility index (Phi) is 7.72. The lowest BCUT2D eigenvalue weighted by atomic mass is 10.0. The van der Waals surface area contributed by atoms with Crippen molar-refractivity contribution in [2.75, 3.05) is 26.7 Å². The van der Waals surface area contributed by atoms with Gasteiger partial charge in [-0.3, -0.25) is 9.48 Å². The highest BCUT2D eigenvalue weighted by molar-refractivity contribution is 5.85. The van der Waals surface area contributed by atoms with Gasteiger partial charge in [-0.05, 0) is 38.6 Å². The molecule has 7 heteroatoms. The molecule has 0 radical (unpaired) electrons. The van der Waals surface area contributed by atoms with Crippen LogP contribution in [0, 0.1) is 5.92 Å². The molecule has 2 aliphatic rings. The highest BCUT2D eigenvalue weighted by Crippen LogP contribution is 2.26. The average molecular weight is 370 g/mol. The Morgan fingerprint density at radius 1 is 1.28 bits per heavy atom. The second kappa shape index (κ2) is 9.55. The Labute approximate surface area is 157 Å². The summed E-state index contributed by atoms with van der Waals surface area (Å²) in [5.74, 6) is 0.968. The number of rotatable bonds is 6. The number of hydrogen-bond acceptors (Lipinski definition) is 4. The standard InChI is InChI=1S/C18H31N5O.ClH/c1-19-17(15-11-20-22(2)13-15)18(24)21-16-7-9-23(10-8-16)12-14-5-3-4-6-14;/h11,13-14,16-17,19H,3-10,12H2,1-2H3,(H,21,24);1H. The van der Waals surface area contributed by atoms with Gasteiger partial charge in [-0.1, -0.05) is 12.8 Å². The van der Waals surface area contributed by atoms with Gasteiger partial charge >= 0.3 is 0 Å². The topological polar surface area (TPSA) is 62.2 Å². The van der Waals surface area contributed by atoms with E-state index in [1.54, 1.807) is 10.9 Å². The van der Waals surface area contributed by atoms with E-state index in [4.69, 9.17) is 0 Å². The zero-order valence-corrected chi connectivity index (χ0v) is 16.2. The van der Waals surface area contributed by atoms with Crippen molar-refractivity contribution in [2.24, 2.45) is 13.0 Å². The van der Waals surface area contributed by atoms with Gasteiger partial charge in [-0.15, -0.1) is 12.4 Å². The molecular weight excluding hydrogens is 338 g/mol. The molecule has 0 spiro atoms. The molecule has 1 saturated heterocycles. The Hall–Kier alpha value is -1.11. The van der Waals surface area contributed by atoms with E-state index in [0.29, 0.717) is 6.04 Å². The normalized spacial score (nSPS) is 21.0. The molecule has 2 fully saturated rings. The number of carbonyl (C=O) groups excluding carboxylic acids is 1. The number of piperidine rings is 1. The summed E-state index contributed by atoms with van der Waals surface area (Å²) in [7, 11) is 3.69. The fourth-order valence-electron chi connectivity index (χ4n) is 4.14. The summed E-state index contributed by atoms with van der Waals surface area (Å²) in [6.45, 7) is 3.48. The van der Waals surface area contributed by atoms with Crippen molar-refractivity contribution >= 4 is 18.3 Å². The second-order valence-electron chi connectivity index (χ2n) is 7.40. The van der Waals surface area contributed by atoms with Gasteiger partial charge in [0.1, 0.15) is 6.04 Å². The molecule has 1 amide bonds. The van der Waals surface area contributed by atoms with Crippen LogP contribution in [0.4, 0.5) is 0 Å². The lowest BCUT2D eigenvalue weighted by Crippen LogP contribution is -2.48. The van der Waals surface area contributed by atoms with Crippen LogP contribution in [0.5, 0.6) is 0 Å². The molecule has 1 aromatic heterocycles. The summed E-state index contributed by atoms with van der Waals surface area (Å²) in [5.41, 5.74) is 0.913. The molecular formula is C18H32ClN5O. The Morgan fingerprint density at radius 3 is 2.52 bits per heavy atom. The van der Waals surface area contributed by atoms with Gasteiger partial charge in [-0.2, -0.15) is 5.10 Å². The van der Waals surface area contributed by atoms with E-state index in [9.17, 15) is 4.79 Å². The highest BCUT2D eigenvalue weighted by Gasteiger charge is 2.27. The summed E-state index contributed by atoms with van der Waals surface area (Å²) in [6, 6.07) is -0.0277. The van der Waals surface area contributed by atoms with Crippen LogP contribution in [0.25, 0.3) is 0 Å². The summed E-state index contributed by atoms with van der Waals surface area (Å²) in [4.78, 5) is 15.2. The minimum atomic E-state index is -0.324. The average Bonchev–Trinajstić information content (AvgIpc) is 3.22. The maximum absolute atomic E-state index is 12.6. The number of hydrogen-bond donors (Lipinski definition) is 2. The van der Waals surface area contributed by atoms with Crippen molar-refractivity contribution in [2.45, 2.75) is 50.6 Å². The number of nitrogens with zero attached hydrogens (tertiary/aromatic N) is 3. The van der Waals surface area contributed by atoms with Gasteiger partial charge in [-0.25, -0.2) is 0 Å². The first-order chi connectivity index (χ1) is 11.7. The lowest BCUT2D eigenvalue weighted by Gasteiger charge is -2.34. The quantitative estimate of drug-likeness (QED) is 0.803. The molecule has 25 heavy (non-hydrogen) atoms. The van der Waals surface area contributed by atoms with E-state index < -0.39 is 0 Å². The molecule has 2 N–H and O–H groups in total. The molecule has 1 aromatic rings. The third-order valence-corrected chi connectivity index (χ3v) is 5.53. The van der Waals surface area contributed by atoms with Crippen LogP contribution in [-0.4, -0.2) is 53.3 Å². The summed E-state index contributed by atoms with van der Waals surface area (Å²) < 4.78 is 1.73. The number of aryl methyl sites for hydroxylation is 1. The van der Waals surface area contributed by atoms with Gasteiger partial charge in [0, 0.05) is 44.5 Å². The summed E-state index contributed by atoms with van der Waals surface area (Å²) in [6.07, 6.45) is 11.4. The van der Waals surface area contributed by atoms with Crippen molar-refractivity contribution in [3.8, 4) is 0 Å². The number of nitrogens with one attached hydrogen (secondary N) is 2. The lowest BCUT2D eigenvalue weighted by molar-refractivity contribution is -0.124. The van der Waals surface area contributed by atoms with Crippen LogP contribution in [-0.2, 0) is 11.8 Å². The summed E-state index contributed by atoms with van der Waals surface area (Å²) >= 11 is 0. The third-order valence-electron chi connectivity index (χ3n) is 5.53. The number of likely N-dealkylation sites (N-methyl/N-ethyl adjacent to an activating group) is 1. The largest absolute Gasteiger partial charge is 0.352 e. The molecule has 3 rings (SSSR count). The molecule has 142 valence electrons. The van der Waals surface area contributed by atoms with Crippen LogP contribution in [0.2, 0.25) is 0 Å². The zero-order chi connectivity index (χ0) is 16.9. The maximum Gasteiger partial charge on any atom is 0.242 e. The molecule has 1 aliphatic carbocycles. The second-order valence-corrected chi connectivity index (χ2v) is 7.40. The Bertz CT molecular complexity index is 535. The molecule has 1 atom stereocenters. The number of likely N-dealkylation sites (tertiary alicyclic amines) is 1. The molecule has 2 heterocycles. The first kappa shape index (κ1) is 20.2. The molecule has 6 nitrogen and oxygen atoms in total. The number of carbonyl (C=O) groups is 1. The number of aromatic nitrogens is 2. The maximum atomic E-state index is 12.6. The molecule has 0 bridgehead atoms. The van der Waals surface area contributed by atoms with Gasteiger partial charge in [0.2, 0.25) is 5.91 Å². The fraction of sp³-hybridized carbons (Fsp3) is 0.778. The van der Waals surface area contributed by atoms with Crippen LogP contribution < -0.4 is 10.6 Å². The first-order valence-corrected chi connectivity index (χ1v) is 9.34. The van der Waals surface area contributed by atoms with Crippen molar-refractivity contribution in [1.29, 1.82) is 0 Å².